The van der Waals surface area contributed by atoms with Crippen LogP contribution in [0.1, 0.15) is 32.1 Å². The SMILES string of the molecule is CN(C)CCCC(=O)NCCOCCOCCC(=O)NCCCCI. The number of halogens is 1. The molecule has 0 fully saturated rings. The largest absolute Gasteiger partial charge is 0.379 e. The number of carbonyl (C=O) groups is 2. The molecular weight excluding hydrogens is 437 g/mol. The summed E-state index contributed by atoms with van der Waals surface area (Å²) in [7, 11) is 3.99. The van der Waals surface area contributed by atoms with Gasteiger partial charge in [0.15, 0.2) is 0 Å². The minimum Gasteiger partial charge on any atom is -0.379 e. The second kappa shape index (κ2) is 18.3. The molecule has 0 aromatic carbocycles. The number of alkyl halides is 1. The lowest BCUT2D eigenvalue weighted by Gasteiger charge is -2.09. The molecule has 2 amide bonds. The summed E-state index contributed by atoms with van der Waals surface area (Å²) < 4.78 is 11.9. The maximum atomic E-state index is 11.5. The summed E-state index contributed by atoms with van der Waals surface area (Å²) in [6.07, 6.45) is 3.94. The Bertz CT molecular complexity index is 344. The van der Waals surface area contributed by atoms with E-state index in [9.17, 15) is 9.59 Å². The normalized spacial score (nSPS) is 10.9. The zero-order valence-corrected chi connectivity index (χ0v) is 17.8. The molecule has 0 unspecified atom stereocenters. The molecule has 0 rings (SSSR count). The fourth-order valence-corrected chi connectivity index (χ4v) is 2.47. The summed E-state index contributed by atoms with van der Waals surface area (Å²) >= 11 is 2.33. The van der Waals surface area contributed by atoms with E-state index in [4.69, 9.17) is 9.47 Å². The van der Waals surface area contributed by atoms with E-state index < -0.39 is 0 Å². The van der Waals surface area contributed by atoms with Crippen LogP contribution >= 0.6 is 22.6 Å². The summed E-state index contributed by atoms with van der Waals surface area (Å²) in [6, 6.07) is 0. The van der Waals surface area contributed by atoms with Gasteiger partial charge in [-0.25, -0.2) is 0 Å². The van der Waals surface area contributed by atoms with Crippen LogP contribution in [-0.4, -0.2) is 81.3 Å². The molecule has 148 valence electrons. The van der Waals surface area contributed by atoms with Gasteiger partial charge in [0.1, 0.15) is 0 Å². The fourth-order valence-electron chi connectivity index (χ4n) is 1.93. The van der Waals surface area contributed by atoms with Gasteiger partial charge in [-0.05, 0) is 44.3 Å². The molecule has 0 saturated heterocycles. The number of carbonyl (C=O) groups excluding carboxylic acids is 2. The molecule has 8 heteroatoms. The van der Waals surface area contributed by atoms with Crippen molar-refractivity contribution >= 4 is 34.4 Å². The lowest BCUT2D eigenvalue weighted by Crippen LogP contribution is -2.28. The Kier molecular flexibility index (Phi) is 18.0. The third-order valence-electron chi connectivity index (χ3n) is 3.31. The highest BCUT2D eigenvalue weighted by atomic mass is 127. The van der Waals surface area contributed by atoms with Gasteiger partial charge in [0, 0.05) is 25.9 Å². The van der Waals surface area contributed by atoms with Gasteiger partial charge < -0.3 is 25.0 Å². The molecule has 0 atom stereocenters. The smallest absolute Gasteiger partial charge is 0.222 e. The number of ether oxygens (including phenoxy) is 2. The number of nitrogens with one attached hydrogen (secondary N) is 2. The molecule has 0 bridgehead atoms. The van der Waals surface area contributed by atoms with E-state index in [1.54, 1.807) is 0 Å². The van der Waals surface area contributed by atoms with Crippen molar-refractivity contribution in [1.82, 2.24) is 15.5 Å². The maximum absolute atomic E-state index is 11.5. The predicted molar refractivity (Wildman–Crippen MR) is 108 cm³/mol. The van der Waals surface area contributed by atoms with Crippen LogP contribution in [0.15, 0.2) is 0 Å². The number of hydrogen-bond donors (Lipinski definition) is 2. The molecule has 0 heterocycles. The molecule has 0 radical (unpaired) electrons. The van der Waals surface area contributed by atoms with Crippen LogP contribution in [-0.2, 0) is 19.1 Å². The molecule has 0 spiro atoms. The van der Waals surface area contributed by atoms with E-state index in [0.717, 1.165) is 36.8 Å². The first kappa shape index (κ1) is 24.6. The highest BCUT2D eigenvalue weighted by Crippen LogP contribution is 1.93. The zero-order valence-electron chi connectivity index (χ0n) is 15.7. The van der Waals surface area contributed by atoms with E-state index in [1.807, 2.05) is 14.1 Å². The fraction of sp³-hybridized carbons (Fsp3) is 0.882. The quantitative estimate of drug-likeness (QED) is 0.189. The first-order chi connectivity index (χ1) is 12.1. The molecule has 2 N–H and O–H groups in total. The van der Waals surface area contributed by atoms with Crippen molar-refractivity contribution in [2.45, 2.75) is 32.1 Å². The molecule has 0 aliphatic heterocycles. The maximum Gasteiger partial charge on any atom is 0.222 e. The van der Waals surface area contributed by atoms with Gasteiger partial charge in [-0.1, -0.05) is 22.6 Å². The van der Waals surface area contributed by atoms with Gasteiger partial charge in [-0.2, -0.15) is 0 Å². The van der Waals surface area contributed by atoms with Gasteiger partial charge in [-0.15, -0.1) is 0 Å². The number of hydrogen-bond acceptors (Lipinski definition) is 5. The molecule has 7 nitrogen and oxygen atoms in total. The third-order valence-corrected chi connectivity index (χ3v) is 4.07. The van der Waals surface area contributed by atoms with Crippen molar-refractivity contribution in [1.29, 1.82) is 0 Å². The molecular formula is C17H34IN3O4. The number of rotatable bonds is 17. The second-order valence-corrected chi connectivity index (χ2v) is 7.06. The van der Waals surface area contributed by atoms with E-state index in [0.29, 0.717) is 45.8 Å². The Balaban J connectivity index is 3.25. The second-order valence-electron chi connectivity index (χ2n) is 5.98. The third kappa shape index (κ3) is 19.7. The first-order valence-electron chi connectivity index (χ1n) is 8.96. The van der Waals surface area contributed by atoms with Crippen molar-refractivity contribution in [3.63, 3.8) is 0 Å². The summed E-state index contributed by atoms with van der Waals surface area (Å²) in [5.74, 6) is 0.0950. The van der Waals surface area contributed by atoms with Gasteiger partial charge in [0.2, 0.25) is 11.8 Å². The van der Waals surface area contributed by atoms with E-state index in [2.05, 4.69) is 38.1 Å². The topological polar surface area (TPSA) is 79.9 Å². The van der Waals surface area contributed by atoms with Crippen LogP contribution in [0.5, 0.6) is 0 Å². The van der Waals surface area contributed by atoms with Crippen LogP contribution in [0.2, 0.25) is 0 Å². The Morgan fingerprint density at radius 3 is 2.16 bits per heavy atom. The average molecular weight is 471 g/mol. The first-order valence-corrected chi connectivity index (χ1v) is 10.5. The molecule has 25 heavy (non-hydrogen) atoms. The van der Waals surface area contributed by atoms with Gasteiger partial charge in [0.25, 0.3) is 0 Å². The van der Waals surface area contributed by atoms with Gasteiger partial charge in [0.05, 0.1) is 26.4 Å². The zero-order chi connectivity index (χ0) is 18.8. The minimum absolute atomic E-state index is 0.0337. The lowest BCUT2D eigenvalue weighted by atomic mass is 10.3. The van der Waals surface area contributed by atoms with Crippen molar-refractivity contribution in [2.24, 2.45) is 0 Å². The highest BCUT2D eigenvalue weighted by Gasteiger charge is 2.02. The average Bonchev–Trinajstić information content (AvgIpc) is 2.57. The standard InChI is InChI=1S/C17H34IN3O4/c1-21(2)11-5-6-16(22)20-10-13-25-15-14-24-12-7-17(23)19-9-4-3-8-18/h3-15H2,1-2H3,(H,19,23)(H,20,22). The number of nitrogens with zero attached hydrogens (tertiary/aromatic N) is 1. The lowest BCUT2D eigenvalue weighted by molar-refractivity contribution is -0.122. The molecule has 0 aliphatic rings. The Hall–Kier alpha value is -0.450. The van der Waals surface area contributed by atoms with Gasteiger partial charge >= 0.3 is 0 Å². The Morgan fingerprint density at radius 1 is 0.840 bits per heavy atom. The van der Waals surface area contributed by atoms with Crippen molar-refractivity contribution < 1.29 is 19.1 Å². The van der Waals surface area contributed by atoms with Crippen molar-refractivity contribution in [3.05, 3.63) is 0 Å². The van der Waals surface area contributed by atoms with Crippen LogP contribution in [0.3, 0.4) is 0 Å². The Morgan fingerprint density at radius 2 is 1.48 bits per heavy atom. The number of amides is 2. The van der Waals surface area contributed by atoms with Crippen LogP contribution in [0.25, 0.3) is 0 Å². The van der Waals surface area contributed by atoms with E-state index >= 15 is 0 Å². The highest BCUT2D eigenvalue weighted by molar-refractivity contribution is 14.1. The van der Waals surface area contributed by atoms with E-state index in [1.165, 1.54) is 0 Å². The summed E-state index contributed by atoms with van der Waals surface area (Å²) in [6.45, 7) is 3.97. The summed E-state index contributed by atoms with van der Waals surface area (Å²) in [5.41, 5.74) is 0. The monoisotopic (exact) mass is 471 g/mol. The van der Waals surface area contributed by atoms with Crippen LogP contribution in [0, 0.1) is 0 Å². The summed E-state index contributed by atoms with van der Waals surface area (Å²) in [4.78, 5) is 25.1. The van der Waals surface area contributed by atoms with Crippen molar-refractivity contribution in [2.75, 3.05) is 64.6 Å². The summed E-state index contributed by atoms with van der Waals surface area (Å²) in [5, 5.41) is 5.70. The predicted octanol–water partition coefficient (Wildman–Crippen LogP) is 1.20. The van der Waals surface area contributed by atoms with Gasteiger partial charge in [-0.3, -0.25) is 9.59 Å². The number of unbranched alkanes of at least 4 members (excludes halogenated alkanes) is 1. The molecule has 0 saturated carbocycles. The minimum atomic E-state index is 0.0337. The Labute approximate surface area is 165 Å². The molecule has 0 aromatic heterocycles. The molecule has 0 aliphatic carbocycles. The van der Waals surface area contributed by atoms with Crippen LogP contribution < -0.4 is 10.6 Å². The van der Waals surface area contributed by atoms with Crippen molar-refractivity contribution in [3.8, 4) is 0 Å². The van der Waals surface area contributed by atoms with E-state index in [-0.39, 0.29) is 11.8 Å². The molecule has 0 aromatic rings. The van der Waals surface area contributed by atoms with Crippen LogP contribution in [0.4, 0.5) is 0 Å².